The number of halogens is 1. The molecule has 0 unspecified atom stereocenters. The summed E-state index contributed by atoms with van der Waals surface area (Å²) in [5.41, 5.74) is 5.09. The molecule has 24 heavy (non-hydrogen) atoms. The van der Waals surface area contributed by atoms with Crippen molar-refractivity contribution in [1.82, 2.24) is 5.32 Å². The summed E-state index contributed by atoms with van der Waals surface area (Å²) in [4.78, 5) is 25.1. The molecule has 2 fully saturated rings. The molecule has 0 aliphatic heterocycles. The van der Waals surface area contributed by atoms with Crippen LogP contribution in [-0.2, 0) is 14.3 Å². The lowest BCUT2D eigenvalue weighted by molar-refractivity contribution is -0.152. The van der Waals surface area contributed by atoms with Crippen molar-refractivity contribution in [3.8, 4) is 0 Å². The first-order valence-electron chi connectivity index (χ1n) is 9.15. The molecule has 0 spiro atoms. The zero-order valence-electron chi connectivity index (χ0n) is 14.9. The topological polar surface area (TPSA) is 81.4 Å². The fourth-order valence-electron chi connectivity index (χ4n) is 4.31. The molecule has 0 radical (unpaired) electrons. The van der Waals surface area contributed by atoms with Gasteiger partial charge in [0.1, 0.15) is 5.54 Å². The Morgan fingerprint density at radius 3 is 1.96 bits per heavy atom. The molecular weight excluding hydrogens is 328 g/mol. The number of rotatable bonds is 5. The number of carbonyl (C=O) groups is 2. The standard InChI is InChI=1S/C18H32N2O3.ClH/c1-23-16(22)18(11-7-2-3-8-12-18)20-15(21)13-17(14-19)9-5-4-6-10-17;/h2-14,19H2,1H3,(H,20,21);1H. The van der Waals surface area contributed by atoms with Gasteiger partial charge >= 0.3 is 5.97 Å². The van der Waals surface area contributed by atoms with Crippen LogP contribution in [0.1, 0.15) is 77.0 Å². The van der Waals surface area contributed by atoms with Gasteiger partial charge in [0.25, 0.3) is 0 Å². The van der Waals surface area contributed by atoms with Gasteiger partial charge in [-0.25, -0.2) is 4.79 Å². The van der Waals surface area contributed by atoms with Crippen molar-refractivity contribution in [2.75, 3.05) is 13.7 Å². The number of methoxy groups -OCH3 is 1. The smallest absolute Gasteiger partial charge is 0.331 e. The van der Waals surface area contributed by atoms with E-state index in [1.54, 1.807) is 0 Å². The predicted molar refractivity (Wildman–Crippen MR) is 97.0 cm³/mol. The van der Waals surface area contributed by atoms with Crippen LogP contribution in [0, 0.1) is 5.41 Å². The lowest BCUT2D eigenvalue weighted by Gasteiger charge is -2.37. The molecule has 0 aromatic heterocycles. The molecule has 140 valence electrons. The fourth-order valence-corrected chi connectivity index (χ4v) is 4.31. The molecule has 2 rings (SSSR count). The maximum atomic E-state index is 12.7. The molecule has 0 bridgehead atoms. The van der Waals surface area contributed by atoms with Gasteiger partial charge < -0.3 is 15.8 Å². The van der Waals surface area contributed by atoms with E-state index in [0.29, 0.717) is 25.8 Å². The first kappa shape index (κ1) is 21.2. The Labute approximate surface area is 151 Å². The Morgan fingerprint density at radius 1 is 0.958 bits per heavy atom. The average Bonchev–Trinajstić information content (AvgIpc) is 2.81. The third kappa shape index (κ3) is 5.09. The van der Waals surface area contributed by atoms with E-state index in [2.05, 4.69) is 5.32 Å². The molecule has 0 saturated heterocycles. The molecule has 2 aliphatic carbocycles. The molecule has 1 amide bonds. The molecule has 2 saturated carbocycles. The maximum Gasteiger partial charge on any atom is 0.331 e. The van der Waals surface area contributed by atoms with E-state index in [4.69, 9.17) is 10.5 Å². The number of hydrogen-bond acceptors (Lipinski definition) is 4. The number of ether oxygens (including phenoxy) is 1. The lowest BCUT2D eigenvalue weighted by atomic mass is 9.71. The summed E-state index contributed by atoms with van der Waals surface area (Å²) < 4.78 is 5.01. The summed E-state index contributed by atoms with van der Waals surface area (Å²) in [5.74, 6) is -0.331. The maximum absolute atomic E-state index is 12.7. The highest BCUT2D eigenvalue weighted by molar-refractivity contribution is 5.88. The van der Waals surface area contributed by atoms with Crippen LogP contribution in [0.15, 0.2) is 0 Å². The van der Waals surface area contributed by atoms with Crippen molar-refractivity contribution in [2.24, 2.45) is 11.1 Å². The molecule has 0 aromatic rings. The fraction of sp³-hybridized carbons (Fsp3) is 0.889. The van der Waals surface area contributed by atoms with Gasteiger partial charge in [-0.05, 0) is 37.6 Å². The van der Waals surface area contributed by atoms with Gasteiger partial charge in [-0.1, -0.05) is 44.9 Å². The normalized spacial score (nSPS) is 22.6. The summed E-state index contributed by atoms with van der Waals surface area (Å²) in [7, 11) is 1.41. The van der Waals surface area contributed by atoms with Crippen LogP contribution < -0.4 is 11.1 Å². The quantitative estimate of drug-likeness (QED) is 0.583. The third-order valence-corrected chi connectivity index (χ3v) is 5.79. The van der Waals surface area contributed by atoms with Gasteiger partial charge in [-0.2, -0.15) is 0 Å². The van der Waals surface area contributed by atoms with Crippen molar-refractivity contribution < 1.29 is 14.3 Å². The van der Waals surface area contributed by atoms with Crippen LogP contribution >= 0.6 is 12.4 Å². The number of amides is 1. The second-order valence-electron chi connectivity index (χ2n) is 7.48. The van der Waals surface area contributed by atoms with E-state index in [1.165, 1.54) is 13.5 Å². The van der Waals surface area contributed by atoms with Crippen LogP contribution in [0.4, 0.5) is 0 Å². The SMILES string of the molecule is COC(=O)C1(NC(=O)CC2(CN)CCCCC2)CCCCCC1.Cl. The van der Waals surface area contributed by atoms with E-state index in [9.17, 15) is 9.59 Å². The minimum atomic E-state index is -0.827. The highest BCUT2D eigenvalue weighted by Gasteiger charge is 2.42. The van der Waals surface area contributed by atoms with Crippen molar-refractivity contribution in [3.05, 3.63) is 0 Å². The van der Waals surface area contributed by atoms with Gasteiger partial charge in [0.15, 0.2) is 0 Å². The zero-order chi connectivity index (χ0) is 16.8. The summed E-state index contributed by atoms with van der Waals surface area (Å²) in [6.45, 7) is 0.547. The number of nitrogens with two attached hydrogens (primary N) is 1. The van der Waals surface area contributed by atoms with E-state index in [-0.39, 0.29) is 29.7 Å². The van der Waals surface area contributed by atoms with Gasteiger partial charge in [-0.15, -0.1) is 12.4 Å². The Hall–Kier alpha value is -0.810. The minimum absolute atomic E-state index is 0. The number of esters is 1. The number of nitrogens with one attached hydrogen (secondary N) is 1. The molecule has 2 aliphatic rings. The first-order valence-corrected chi connectivity index (χ1v) is 9.15. The van der Waals surface area contributed by atoms with Crippen molar-refractivity contribution in [3.63, 3.8) is 0 Å². The number of carbonyl (C=O) groups excluding carboxylic acids is 2. The monoisotopic (exact) mass is 360 g/mol. The molecule has 5 nitrogen and oxygen atoms in total. The van der Waals surface area contributed by atoms with Gasteiger partial charge in [-0.3, -0.25) is 4.79 Å². The largest absolute Gasteiger partial charge is 0.467 e. The molecule has 3 N–H and O–H groups in total. The summed E-state index contributed by atoms with van der Waals surface area (Å²) in [6, 6.07) is 0. The second-order valence-corrected chi connectivity index (χ2v) is 7.48. The van der Waals surface area contributed by atoms with Gasteiger partial charge in [0.2, 0.25) is 5.91 Å². The van der Waals surface area contributed by atoms with E-state index >= 15 is 0 Å². The summed E-state index contributed by atoms with van der Waals surface area (Å²) in [5, 5.41) is 3.06. The Morgan fingerprint density at radius 2 is 1.46 bits per heavy atom. The molecule has 0 heterocycles. The molecule has 6 heteroatoms. The van der Waals surface area contributed by atoms with Gasteiger partial charge in [0, 0.05) is 6.42 Å². The van der Waals surface area contributed by atoms with Crippen molar-refractivity contribution >= 4 is 24.3 Å². The van der Waals surface area contributed by atoms with Crippen LogP contribution in [0.2, 0.25) is 0 Å². The Bertz CT molecular complexity index is 414. The molecule has 0 aromatic carbocycles. The average molecular weight is 361 g/mol. The van der Waals surface area contributed by atoms with Crippen LogP contribution in [-0.4, -0.2) is 31.1 Å². The third-order valence-electron chi connectivity index (χ3n) is 5.79. The number of hydrogen-bond donors (Lipinski definition) is 2. The summed E-state index contributed by atoms with van der Waals surface area (Å²) >= 11 is 0. The Balaban J connectivity index is 0.00000288. The lowest BCUT2D eigenvalue weighted by Crippen LogP contribution is -2.56. The zero-order valence-corrected chi connectivity index (χ0v) is 15.7. The van der Waals surface area contributed by atoms with Gasteiger partial charge in [0.05, 0.1) is 7.11 Å². The van der Waals surface area contributed by atoms with Crippen molar-refractivity contribution in [1.29, 1.82) is 0 Å². The van der Waals surface area contributed by atoms with Crippen LogP contribution in [0.25, 0.3) is 0 Å². The van der Waals surface area contributed by atoms with Crippen LogP contribution in [0.3, 0.4) is 0 Å². The molecule has 0 atom stereocenters. The van der Waals surface area contributed by atoms with E-state index in [0.717, 1.165) is 51.4 Å². The van der Waals surface area contributed by atoms with E-state index in [1.807, 2.05) is 0 Å². The highest BCUT2D eigenvalue weighted by Crippen LogP contribution is 2.39. The highest BCUT2D eigenvalue weighted by atomic mass is 35.5. The van der Waals surface area contributed by atoms with E-state index < -0.39 is 5.54 Å². The molecular formula is C18H33ClN2O3. The van der Waals surface area contributed by atoms with Crippen LogP contribution in [0.5, 0.6) is 0 Å². The van der Waals surface area contributed by atoms with Crippen molar-refractivity contribution in [2.45, 2.75) is 82.6 Å². The summed E-state index contributed by atoms with van der Waals surface area (Å²) in [6.07, 6.45) is 11.5. The first-order chi connectivity index (χ1) is 11.1. The minimum Gasteiger partial charge on any atom is -0.467 e. The Kier molecular flexibility index (Phi) is 8.51. The predicted octanol–water partition coefficient (Wildman–Crippen LogP) is 3.09. The second kappa shape index (κ2) is 9.62.